The van der Waals surface area contributed by atoms with E-state index in [0.717, 1.165) is 29.5 Å². The number of rotatable bonds is 3. The molecule has 0 radical (unpaired) electrons. The van der Waals surface area contributed by atoms with E-state index in [0.29, 0.717) is 12.0 Å². The van der Waals surface area contributed by atoms with E-state index in [-0.39, 0.29) is 0 Å². The molecule has 3 rings (SSSR count). The van der Waals surface area contributed by atoms with Crippen LogP contribution < -0.4 is 0 Å². The Morgan fingerprint density at radius 2 is 1.67 bits per heavy atom. The molecular weight excluding hydrogens is 341 g/mol. The lowest BCUT2D eigenvalue weighted by Gasteiger charge is -2.14. The molecule has 0 aliphatic heterocycles. The van der Waals surface area contributed by atoms with E-state index in [1.54, 1.807) is 12.1 Å². The molecule has 0 atom stereocenters. The van der Waals surface area contributed by atoms with Crippen LogP contribution in [0.4, 0.5) is 13.2 Å². The van der Waals surface area contributed by atoms with Gasteiger partial charge in [-0.1, -0.05) is 42.5 Å². The number of hydrogen-bond donors (Lipinski definition) is 0. The Balaban J connectivity index is 1.96. The molecule has 0 saturated carbocycles. The lowest BCUT2D eigenvalue weighted by Crippen LogP contribution is -2.25. The highest BCUT2D eigenvalue weighted by Crippen LogP contribution is 2.35. The zero-order chi connectivity index (χ0) is 17.4. The molecule has 2 aromatic carbocycles. The first kappa shape index (κ1) is 17.0. The number of alkyl halides is 3. The molecule has 0 amide bonds. The van der Waals surface area contributed by atoms with Gasteiger partial charge in [0.25, 0.3) is 0 Å². The first-order chi connectivity index (χ1) is 11.3. The third-order valence-corrected chi connectivity index (χ3v) is 5.10. The normalized spacial score (nSPS) is 14.6. The van der Waals surface area contributed by atoms with E-state index >= 15 is 0 Å². The van der Waals surface area contributed by atoms with Crippen LogP contribution in [-0.2, 0) is 33.7 Å². The van der Waals surface area contributed by atoms with Crippen molar-refractivity contribution in [2.45, 2.75) is 31.4 Å². The highest BCUT2D eigenvalue weighted by Gasteiger charge is 2.47. The van der Waals surface area contributed by atoms with Crippen LogP contribution >= 0.6 is 0 Å². The van der Waals surface area contributed by atoms with E-state index in [2.05, 4.69) is 4.18 Å². The Labute approximate surface area is 138 Å². The summed E-state index contributed by atoms with van der Waals surface area (Å²) in [6, 6.07) is 13.1. The largest absolute Gasteiger partial charge is 0.523 e. The molecule has 0 N–H and O–H groups in total. The van der Waals surface area contributed by atoms with Crippen LogP contribution in [0.15, 0.2) is 42.5 Å². The van der Waals surface area contributed by atoms with Gasteiger partial charge in [0.15, 0.2) is 0 Å². The summed E-state index contributed by atoms with van der Waals surface area (Å²) in [6.07, 6.45) is 2.37. The summed E-state index contributed by atoms with van der Waals surface area (Å²) in [7, 11) is -5.59. The minimum Gasteiger partial charge on any atom is -0.258 e. The van der Waals surface area contributed by atoms with E-state index in [1.807, 2.05) is 30.3 Å². The fourth-order valence-corrected chi connectivity index (χ4v) is 3.40. The van der Waals surface area contributed by atoms with Gasteiger partial charge in [-0.3, -0.25) is 4.18 Å². The summed E-state index contributed by atoms with van der Waals surface area (Å²) in [5, 5.41) is 0. The summed E-state index contributed by atoms with van der Waals surface area (Å²) >= 11 is 0. The summed E-state index contributed by atoms with van der Waals surface area (Å²) in [6.45, 7) is -0.618. The lowest BCUT2D eigenvalue weighted by atomic mass is 9.94. The first-order valence-electron chi connectivity index (χ1n) is 7.44. The van der Waals surface area contributed by atoms with Crippen molar-refractivity contribution in [1.29, 1.82) is 0 Å². The number of halogens is 3. The van der Waals surface area contributed by atoms with Crippen LogP contribution in [0.25, 0.3) is 11.1 Å². The van der Waals surface area contributed by atoms with Crippen LogP contribution in [0, 0.1) is 0 Å². The van der Waals surface area contributed by atoms with Crippen molar-refractivity contribution in [3.63, 3.8) is 0 Å². The van der Waals surface area contributed by atoms with Crippen molar-refractivity contribution in [2.24, 2.45) is 0 Å². The number of hydrogen-bond acceptors (Lipinski definition) is 3. The van der Waals surface area contributed by atoms with Crippen LogP contribution in [0.1, 0.15) is 23.1 Å². The molecule has 0 saturated heterocycles. The molecule has 0 spiro atoms. The zero-order valence-electron chi connectivity index (χ0n) is 12.6. The van der Waals surface area contributed by atoms with Crippen LogP contribution in [0.3, 0.4) is 0 Å². The molecule has 1 aliphatic carbocycles. The van der Waals surface area contributed by atoms with Gasteiger partial charge in [-0.05, 0) is 47.1 Å². The van der Waals surface area contributed by atoms with Crippen molar-refractivity contribution < 1.29 is 25.8 Å². The predicted octanol–water partition coefficient (Wildman–Crippen LogP) is 4.21. The SMILES string of the molecule is O=S(=O)(OCc1cccc2c1CCCc1ccccc1-2)C(F)(F)F. The van der Waals surface area contributed by atoms with Crippen molar-refractivity contribution >= 4 is 10.1 Å². The van der Waals surface area contributed by atoms with E-state index in [9.17, 15) is 21.6 Å². The Morgan fingerprint density at radius 1 is 0.958 bits per heavy atom. The topological polar surface area (TPSA) is 43.4 Å². The lowest BCUT2D eigenvalue weighted by molar-refractivity contribution is -0.0548. The smallest absolute Gasteiger partial charge is 0.258 e. The number of aryl methyl sites for hydroxylation is 1. The Morgan fingerprint density at radius 3 is 2.42 bits per heavy atom. The first-order valence-corrected chi connectivity index (χ1v) is 8.85. The van der Waals surface area contributed by atoms with E-state index in [4.69, 9.17) is 0 Å². The quantitative estimate of drug-likeness (QED) is 0.611. The molecule has 1 aliphatic rings. The molecule has 24 heavy (non-hydrogen) atoms. The maximum absolute atomic E-state index is 12.4. The second-order valence-corrected chi connectivity index (χ2v) is 7.22. The summed E-state index contributed by atoms with van der Waals surface area (Å²) in [4.78, 5) is 0. The molecule has 128 valence electrons. The van der Waals surface area contributed by atoms with Gasteiger partial charge >= 0.3 is 15.6 Å². The molecule has 0 unspecified atom stereocenters. The summed E-state index contributed by atoms with van der Waals surface area (Å²) in [5.74, 6) is 0. The van der Waals surface area contributed by atoms with Crippen LogP contribution in [0.2, 0.25) is 0 Å². The standard InChI is InChI=1S/C17H15F3O3S/c18-17(19,20)24(21,22)23-11-13-7-4-10-16-14-8-2-1-5-12(14)6-3-9-15(13)16/h1-2,4-5,7-8,10H,3,6,9,11H2. The Kier molecular flexibility index (Phi) is 4.40. The Bertz CT molecular complexity index is 858. The third-order valence-electron chi connectivity index (χ3n) is 4.11. The second-order valence-electron chi connectivity index (χ2n) is 5.62. The monoisotopic (exact) mass is 356 g/mol. The van der Waals surface area contributed by atoms with Crippen molar-refractivity contribution in [1.82, 2.24) is 0 Å². The minimum absolute atomic E-state index is 0.469. The van der Waals surface area contributed by atoms with E-state index in [1.165, 1.54) is 5.56 Å². The maximum Gasteiger partial charge on any atom is 0.523 e. The molecule has 0 bridgehead atoms. The minimum atomic E-state index is -5.59. The average molecular weight is 356 g/mol. The van der Waals surface area contributed by atoms with Crippen LogP contribution in [0.5, 0.6) is 0 Å². The Hall–Kier alpha value is -1.86. The van der Waals surface area contributed by atoms with Gasteiger partial charge in [-0.2, -0.15) is 21.6 Å². The van der Waals surface area contributed by atoms with Gasteiger partial charge in [0.1, 0.15) is 0 Å². The van der Waals surface area contributed by atoms with Gasteiger partial charge < -0.3 is 0 Å². The highest BCUT2D eigenvalue weighted by atomic mass is 32.2. The molecular formula is C17H15F3O3S. The molecule has 2 aromatic rings. The third kappa shape index (κ3) is 3.18. The van der Waals surface area contributed by atoms with Crippen molar-refractivity contribution in [3.8, 4) is 11.1 Å². The predicted molar refractivity (Wildman–Crippen MR) is 83.7 cm³/mol. The maximum atomic E-state index is 12.4. The second kappa shape index (κ2) is 6.22. The van der Waals surface area contributed by atoms with Crippen LogP contribution in [-0.4, -0.2) is 13.9 Å². The average Bonchev–Trinajstić information content (AvgIpc) is 2.71. The summed E-state index contributed by atoms with van der Waals surface area (Å²) < 4.78 is 63.7. The molecule has 7 heteroatoms. The fourth-order valence-electron chi connectivity index (χ4n) is 2.98. The fraction of sp³-hybridized carbons (Fsp3) is 0.294. The molecule has 0 aromatic heterocycles. The van der Waals surface area contributed by atoms with Gasteiger partial charge in [0, 0.05) is 0 Å². The molecule has 0 fully saturated rings. The molecule has 0 heterocycles. The van der Waals surface area contributed by atoms with Gasteiger partial charge in [0.2, 0.25) is 0 Å². The van der Waals surface area contributed by atoms with Crippen molar-refractivity contribution in [2.75, 3.05) is 0 Å². The van der Waals surface area contributed by atoms with Gasteiger partial charge in [0.05, 0.1) is 6.61 Å². The van der Waals surface area contributed by atoms with Gasteiger partial charge in [-0.25, -0.2) is 0 Å². The highest BCUT2D eigenvalue weighted by molar-refractivity contribution is 7.87. The van der Waals surface area contributed by atoms with E-state index < -0.39 is 22.2 Å². The summed E-state index contributed by atoms with van der Waals surface area (Å²) in [5.41, 5.74) is -0.959. The number of benzene rings is 2. The van der Waals surface area contributed by atoms with Gasteiger partial charge in [-0.15, -0.1) is 0 Å². The zero-order valence-corrected chi connectivity index (χ0v) is 13.5. The molecule has 3 nitrogen and oxygen atoms in total. The number of fused-ring (bicyclic) bond motifs is 3. The van der Waals surface area contributed by atoms with Crippen molar-refractivity contribution in [3.05, 3.63) is 59.2 Å².